The minimum absolute atomic E-state index is 0.267. The molecular formula is C5H4BF4N2-. The fourth-order valence-corrected chi connectivity index (χ4v) is 0.697. The molecule has 2 nitrogen and oxygen atoms in total. The molecule has 7 heteroatoms. The molecule has 0 atom stereocenters. The van der Waals surface area contributed by atoms with Gasteiger partial charge in [0.1, 0.15) is 11.6 Å². The third-order valence-corrected chi connectivity index (χ3v) is 1.26. The van der Waals surface area contributed by atoms with Gasteiger partial charge in [-0.2, -0.15) is 0 Å². The Balaban J connectivity index is 3.19. The van der Waals surface area contributed by atoms with E-state index in [9.17, 15) is 17.3 Å². The summed E-state index contributed by atoms with van der Waals surface area (Å²) >= 11 is 0. The molecule has 12 heavy (non-hydrogen) atoms. The van der Waals surface area contributed by atoms with E-state index in [2.05, 4.69) is 4.98 Å². The summed E-state index contributed by atoms with van der Waals surface area (Å²) in [6.45, 7) is -5.34. The van der Waals surface area contributed by atoms with E-state index in [0.29, 0.717) is 12.3 Å². The Morgan fingerprint density at radius 2 is 1.92 bits per heavy atom. The maximum atomic E-state index is 12.5. The molecular weight excluding hydrogens is 175 g/mol. The number of anilines is 1. The van der Waals surface area contributed by atoms with Crippen molar-refractivity contribution in [2.75, 3.05) is 5.73 Å². The van der Waals surface area contributed by atoms with E-state index >= 15 is 0 Å². The van der Waals surface area contributed by atoms with Gasteiger partial charge in [-0.3, -0.25) is 0 Å². The molecule has 0 aromatic carbocycles. The summed E-state index contributed by atoms with van der Waals surface area (Å²) in [5.74, 6) is -1.65. The zero-order valence-corrected chi connectivity index (χ0v) is 5.77. The molecule has 0 aliphatic carbocycles. The standard InChI is InChI=1S/C5H4BF4N2/c7-4-1-5(11)12-2-3(4)6(8,9)10/h1-2H,(H2,11,12)/q-1. The first-order valence-electron chi connectivity index (χ1n) is 3.02. The third-order valence-electron chi connectivity index (χ3n) is 1.26. The van der Waals surface area contributed by atoms with Gasteiger partial charge in [-0.25, -0.2) is 9.37 Å². The molecule has 0 saturated carbocycles. The molecule has 66 valence electrons. The number of nitrogens with two attached hydrogens (primary N) is 1. The fourth-order valence-electron chi connectivity index (χ4n) is 0.697. The number of hydrogen-bond donors (Lipinski definition) is 1. The Bertz CT molecular complexity index is 298. The lowest BCUT2D eigenvalue weighted by molar-refractivity contribution is 0.493. The lowest BCUT2D eigenvalue weighted by Crippen LogP contribution is -2.37. The van der Waals surface area contributed by atoms with Gasteiger partial charge in [-0.1, -0.05) is 5.46 Å². The SMILES string of the molecule is Nc1cc(F)c([B-](F)(F)F)cn1. The first-order valence-corrected chi connectivity index (χ1v) is 3.02. The van der Waals surface area contributed by atoms with E-state index in [1.54, 1.807) is 0 Å². The van der Waals surface area contributed by atoms with Crippen molar-refractivity contribution in [2.24, 2.45) is 0 Å². The number of hydrogen-bond acceptors (Lipinski definition) is 2. The van der Waals surface area contributed by atoms with Crippen LogP contribution >= 0.6 is 0 Å². The smallest absolute Gasteiger partial charge is 0.445 e. The first-order chi connectivity index (χ1) is 5.41. The fraction of sp³-hybridized carbons (Fsp3) is 0. The Labute approximate surface area is 65.5 Å². The predicted octanol–water partition coefficient (Wildman–Crippen LogP) is 0.857. The lowest BCUT2D eigenvalue weighted by Gasteiger charge is -2.14. The van der Waals surface area contributed by atoms with Crippen LogP contribution in [-0.2, 0) is 0 Å². The van der Waals surface area contributed by atoms with E-state index < -0.39 is 18.3 Å². The van der Waals surface area contributed by atoms with Crippen LogP contribution in [0.1, 0.15) is 0 Å². The molecule has 1 aromatic rings. The Kier molecular flexibility index (Phi) is 1.95. The van der Waals surface area contributed by atoms with Crippen molar-refractivity contribution >= 4 is 18.3 Å². The van der Waals surface area contributed by atoms with Crippen LogP contribution in [0.15, 0.2) is 12.3 Å². The highest BCUT2D eigenvalue weighted by Crippen LogP contribution is 2.11. The van der Waals surface area contributed by atoms with Gasteiger partial charge in [0.05, 0.1) is 0 Å². The van der Waals surface area contributed by atoms with Crippen molar-refractivity contribution in [1.82, 2.24) is 4.98 Å². The van der Waals surface area contributed by atoms with Crippen LogP contribution in [0.25, 0.3) is 0 Å². The van der Waals surface area contributed by atoms with Gasteiger partial charge in [-0.15, -0.1) is 0 Å². The van der Waals surface area contributed by atoms with Crippen molar-refractivity contribution in [3.63, 3.8) is 0 Å². The molecule has 1 heterocycles. The van der Waals surface area contributed by atoms with Crippen LogP contribution in [0.3, 0.4) is 0 Å². The number of pyridine rings is 1. The molecule has 0 aliphatic heterocycles. The van der Waals surface area contributed by atoms with Crippen LogP contribution in [0.4, 0.5) is 23.2 Å². The van der Waals surface area contributed by atoms with Crippen molar-refractivity contribution in [1.29, 1.82) is 0 Å². The van der Waals surface area contributed by atoms with Gasteiger partial charge in [-0.05, 0) is 0 Å². The van der Waals surface area contributed by atoms with Crippen molar-refractivity contribution in [3.05, 3.63) is 18.1 Å². The topological polar surface area (TPSA) is 38.9 Å². The number of nitrogens with zero attached hydrogens (tertiary/aromatic N) is 1. The molecule has 0 amide bonds. The minimum Gasteiger partial charge on any atom is -0.445 e. The zero-order valence-electron chi connectivity index (χ0n) is 5.77. The second-order valence-corrected chi connectivity index (χ2v) is 2.21. The van der Waals surface area contributed by atoms with Crippen LogP contribution in [0.5, 0.6) is 0 Å². The summed E-state index contributed by atoms with van der Waals surface area (Å²) in [6.07, 6.45) is 0.394. The molecule has 0 aliphatic rings. The number of nitrogen functional groups attached to an aromatic ring is 1. The van der Waals surface area contributed by atoms with Gasteiger partial charge in [0, 0.05) is 12.3 Å². The Morgan fingerprint density at radius 3 is 2.33 bits per heavy atom. The summed E-state index contributed by atoms with van der Waals surface area (Å²) in [5, 5.41) is 0. The number of rotatable bonds is 1. The predicted molar refractivity (Wildman–Crippen MR) is 37.3 cm³/mol. The maximum absolute atomic E-state index is 12.5. The van der Waals surface area contributed by atoms with Gasteiger partial charge >= 0.3 is 6.98 Å². The number of aromatic nitrogens is 1. The molecule has 0 unspecified atom stereocenters. The normalized spacial score (nSPS) is 11.7. The molecule has 0 bridgehead atoms. The summed E-state index contributed by atoms with van der Waals surface area (Å²) in [7, 11) is 0. The van der Waals surface area contributed by atoms with Crippen LogP contribution in [-0.4, -0.2) is 12.0 Å². The summed E-state index contributed by atoms with van der Waals surface area (Å²) in [5.41, 5.74) is 3.62. The van der Waals surface area contributed by atoms with Gasteiger partial charge < -0.3 is 18.7 Å². The molecule has 1 rings (SSSR count). The van der Waals surface area contributed by atoms with Crippen molar-refractivity contribution in [3.8, 4) is 0 Å². The van der Waals surface area contributed by atoms with Crippen LogP contribution < -0.4 is 11.2 Å². The Hall–Kier alpha value is -1.27. The highest BCUT2D eigenvalue weighted by Gasteiger charge is 2.29. The Morgan fingerprint density at radius 1 is 1.33 bits per heavy atom. The van der Waals surface area contributed by atoms with Gasteiger partial charge in [0.25, 0.3) is 0 Å². The molecule has 2 N–H and O–H groups in total. The maximum Gasteiger partial charge on any atom is 0.514 e. The van der Waals surface area contributed by atoms with E-state index in [-0.39, 0.29) is 5.82 Å². The minimum atomic E-state index is -5.34. The lowest BCUT2D eigenvalue weighted by atomic mass is 9.81. The second-order valence-electron chi connectivity index (χ2n) is 2.21. The average Bonchev–Trinajstić information content (AvgIpc) is 1.83. The highest BCUT2D eigenvalue weighted by molar-refractivity contribution is 6.73. The van der Waals surface area contributed by atoms with Crippen molar-refractivity contribution in [2.45, 2.75) is 0 Å². The largest absolute Gasteiger partial charge is 0.514 e. The van der Waals surface area contributed by atoms with Crippen molar-refractivity contribution < 1.29 is 17.3 Å². The average molecular weight is 179 g/mol. The number of halogens is 4. The van der Waals surface area contributed by atoms with Gasteiger partial charge in [0.15, 0.2) is 0 Å². The van der Waals surface area contributed by atoms with E-state index in [4.69, 9.17) is 5.73 Å². The monoisotopic (exact) mass is 179 g/mol. The summed E-state index contributed by atoms with van der Waals surface area (Å²) < 4.78 is 48.3. The molecule has 0 spiro atoms. The molecule has 1 aromatic heterocycles. The van der Waals surface area contributed by atoms with Crippen LogP contribution in [0, 0.1) is 5.82 Å². The molecule has 0 fully saturated rings. The van der Waals surface area contributed by atoms with Gasteiger partial charge in [0.2, 0.25) is 0 Å². The highest BCUT2D eigenvalue weighted by atomic mass is 19.4. The van der Waals surface area contributed by atoms with Crippen LogP contribution in [0.2, 0.25) is 0 Å². The molecule has 0 saturated heterocycles. The van der Waals surface area contributed by atoms with E-state index in [1.807, 2.05) is 0 Å². The summed E-state index contributed by atoms with van der Waals surface area (Å²) in [6, 6.07) is 0.546. The third kappa shape index (κ3) is 1.66. The first kappa shape index (κ1) is 8.83. The summed E-state index contributed by atoms with van der Waals surface area (Å²) in [4.78, 5) is 3.14. The zero-order chi connectivity index (χ0) is 9.35. The van der Waals surface area contributed by atoms with E-state index in [0.717, 1.165) is 0 Å². The second kappa shape index (κ2) is 2.65. The molecule has 0 radical (unpaired) electrons. The van der Waals surface area contributed by atoms with E-state index in [1.165, 1.54) is 0 Å². The quantitative estimate of drug-likeness (QED) is 0.512.